The van der Waals surface area contributed by atoms with Gasteiger partial charge in [-0.3, -0.25) is 10.1 Å². The summed E-state index contributed by atoms with van der Waals surface area (Å²) in [6.07, 6.45) is 3.41. The number of para-hydroxylation sites is 1. The monoisotopic (exact) mass is 265 g/mol. The molecule has 19 heavy (non-hydrogen) atoms. The van der Waals surface area contributed by atoms with Crippen LogP contribution in [0.1, 0.15) is 19.3 Å². The van der Waals surface area contributed by atoms with Crippen LogP contribution in [-0.2, 0) is 4.74 Å². The normalized spacial score (nSPS) is 18.9. The van der Waals surface area contributed by atoms with Crippen LogP contribution in [0.3, 0.4) is 0 Å². The van der Waals surface area contributed by atoms with Crippen LogP contribution in [0, 0.1) is 10.1 Å². The molecule has 0 spiro atoms. The number of ether oxygens (including phenoxy) is 1. The van der Waals surface area contributed by atoms with Gasteiger partial charge in [-0.15, -0.1) is 0 Å². The van der Waals surface area contributed by atoms with Crippen LogP contribution in [-0.4, -0.2) is 31.2 Å². The van der Waals surface area contributed by atoms with E-state index in [-0.39, 0.29) is 16.7 Å². The molecule has 0 aliphatic carbocycles. The Kier molecular flexibility index (Phi) is 4.57. The summed E-state index contributed by atoms with van der Waals surface area (Å²) in [6.45, 7) is 1.39. The smallest absolute Gasteiger partial charge is 0.315 e. The van der Waals surface area contributed by atoms with E-state index in [9.17, 15) is 10.1 Å². The third-order valence-electron chi connectivity index (χ3n) is 3.28. The highest BCUT2D eigenvalue weighted by Crippen LogP contribution is 2.32. The third kappa shape index (κ3) is 3.35. The maximum Gasteiger partial charge on any atom is 0.315 e. The van der Waals surface area contributed by atoms with Gasteiger partial charge in [-0.05, 0) is 31.4 Å². The van der Waals surface area contributed by atoms with Crippen molar-refractivity contribution in [2.24, 2.45) is 0 Å². The van der Waals surface area contributed by atoms with E-state index in [4.69, 9.17) is 4.74 Å². The maximum atomic E-state index is 11.1. The zero-order chi connectivity index (χ0) is 13.7. The van der Waals surface area contributed by atoms with Gasteiger partial charge in [0.25, 0.3) is 0 Å². The van der Waals surface area contributed by atoms with Crippen LogP contribution < -0.4 is 10.6 Å². The van der Waals surface area contributed by atoms with E-state index in [1.54, 1.807) is 25.2 Å². The molecule has 6 heteroatoms. The molecule has 2 N–H and O–H groups in total. The van der Waals surface area contributed by atoms with Gasteiger partial charge in [0.2, 0.25) is 0 Å². The highest BCUT2D eigenvalue weighted by molar-refractivity contribution is 5.76. The van der Waals surface area contributed by atoms with Crippen LogP contribution in [0.5, 0.6) is 0 Å². The van der Waals surface area contributed by atoms with Crippen molar-refractivity contribution in [1.29, 1.82) is 0 Å². The van der Waals surface area contributed by atoms with Crippen molar-refractivity contribution in [2.75, 3.05) is 30.8 Å². The van der Waals surface area contributed by atoms with E-state index in [0.29, 0.717) is 17.9 Å². The molecular weight excluding hydrogens is 246 g/mol. The average molecular weight is 265 g/mol. The van der Waals surface area contributed by atoms with Crippen LogP contribution in [0.4, 0.5) is 17.1 Å². The fourth-order valence-electron chi connectivity index (χ4n) is 2.28. The Morgan fingerprint density at radius 3 is 2.84 bits per heavy atom. The first-order chi connectivity index (χ1) is 9.22. The number of benzene rings is 1. The molecule has 1 unspecified atom stereocenters. The topological polar surface area (TPSA) is 76.4 Å². The number of anilines is 2. The molecule has 1 heterocycles. The quantitative estimate of drug-likeness (QED) is 0.632. The predicted molar refractivity (Wildman–Crippen MR) is 74.7 cm³/mol. The fourth-order valence-corrected chi connectivity index (χ4v) is 2.28. The summed E-state index contributed by atoms with van der Waals surface area (Å²) < 4.78 is 5.61. The summed E-state index contributed by atoms with van der Waals surface area (Å²) in [5.41, 5.74) is 1.13. The summed E-state index contributed by atoms with van der Waals surface area (Å²) in [4.78, 5) is 10.8. The second-order valence-corrected chi connectivity index (χ2v) is 4.58. The molecule has 1 aromatic rings. The van der Waals surface area contributed by atoms with Gasteiger partial charge in [-0.25, -0.2) is 0 Å². The highest BCUT2D eigenvalue weighted by Gasteiger charge is 2.20. The van der Waals surface area contributed by atoms with Crippen LogP contribution in [0.15, 0.2) is 18.2 Å². The molecule has 0 amide bonds. The van der Waals surface area contributed by atoms with Gasteiger partial charge in [-0.2, -0.15) is 0 Å². The van der Waals surface area contributed by atoms with Gasteiger partial charge < -0.3 is 15.4 Å². The first kappa shape index (κ1) is 13.6. The maximum absolute atomic E-state index is 11.1. The molecule has 104 valence electrons. The molecule has 0 bridgehead atoms. The highest BCUT2D eigenvalue weighted by atomic mass is 16.6. The zero-order valence-electron chi connectivity index (χ0n) is 11.0. The second-order valence-electron chi connectivity index (χ2n) is 4.58. The molecule has 1 aromatic carbocycles. The van der Waals surface area contributed by atoms with Gasteiger partial charge in [0.15, 0.2) is 0 Å². The van der Waals surface area contributed by atoms with Crippen LogP contribution in [0.25, 0.3) is 0 Å². The number of nitro benzene ring substituents is 1. The number of nitrogens with one attached hydrogen (secondary N) is 2. The van der Waals surface area contributed by atoms with E-state index in [0.717, 1.165) is 25.9 Å². The van der Waals surface area contributed by atoms with Gasteiger partial charge in [0, 0.05) is 20.2 Å². The molecule has 6 nitrogen and oxygen atoms in total. The lowest BCUT2D eigenvalue weighted by atomic mass is 10.1. The molecule has 0 radical (unpaired) electrons. The van der Waals surface area contributed by atoms with Crippen molar-refractivity contribution in [3.8, 4) is 0 Å². The Morgan fingerprint density at radius 2 is 2.21 bits per heavy atom. The molecule has 1 saturated heterocycles. The van der Waals surface area contributed by atoms with Crippen LogP contribution in [0.2, 0.25) is 0 Å². The molecule has 0 saturated carbocycles. The van der Waals surface area contributed by atoms with Crippen molar-refractivity contribution in [2.45, 2.75) is 25.4 Å². The Bertz CT molecular complexity index is 445. The Morgan fingerprint density at radius 1 is 1.42 bits per heavy atom. The molecule has 1 atom stereocenters. The van der Waals surface area contributed by atoms with Crippen molar-refractivity contribution in [3.63, 3.8) is 0 Å². The Hall–Kier alpha value is -1.82. The third-order valence-corrected chi connectivity index (χ3v) is 3.28. The number of nitro groups is 1. The van der Waals surface area contributed by atoms with E-state index in [2.05, 4.69) is 10.6 Å². The average Bonchev–Trinajstić information content (AvgIpc) is 2.45. The Balaban J connectivity index is 2.08. The van der Waals surface area contributed by atoms with Crippen molar-refractivity contribution < 1.29 is 9.66 Å². The molecule has 1 aliphatic heterocycles. The second kappa shape index (κ2) is 6.38. The number of hydrogen-bond donors (Lipinski definition) is 2. The number of hydrogen-bond acceptors (Lipinski definition) is 5. The Labute approximate surface area is 112 Å². The van der Waals surface area contributed by atoms with E-state index < -0.39 is 0 Å². The summed E-state index contributed by atoms with van der Waals surface area (Å²) in [7, 11) is 1.68. The van der Waals surface area contributed by atoms with Crippen molar-refractivity contribution in [3.05, 3.63) is 28.3 Å². The van der Waals surface area contributed by atoms with Gasteiger partial charge in [0.05, 0.1) is 11.0 Å². The van der Waals surface area contributed by atoms with Crippen molar-refractivity contribution in [1.82, 2.24) is 0 Å². The van der Waals surface area contributed by atoms with Crippen molar-refractivity contribution >= 4 is 17.1 Å². The SMILES string of the molecule is CNc1cccc(NCC2CCCCO2)c1[N+](=O)[O-]. The first-order valence-electron chi connectivity index (χ1n) is 6.53. The van der Waals surface area contributed by atoms with Gasteiger partial charge in [-0.1, -0.05) is 6.07 Å². The lowest BCUT2D eigenvalue weighted by Gasteiger charge is -2.23. The predicted octanol–water partition coefficient (Wildman–Crippen LogP) is 2.62. The van der Waals surface area contributed by atoms with E-state index in [1.807, 2.05) is 0 Å². The molecule has 2 rings (SSSR count). The zero-order valence-corrected chi connectivity index (χ0v) is 11.0. The lowest BCUT2D eigenvalue weighted by Crippen LogP contribution is -2.27. The minimum atomic E-state index is -0.365. The molecule has 1 fully saturated rings. The molecule has 1 aliphatic rings. The largest absolute Gasteiger partial charge is 0.382 e. The van der Waals surface area contributed by atoms with E-state index in [1.165, 1.54) is 0 Å². The fraction of sp³-hybridized carbons (Fsp3) is 0.538. The number of nitrogens with zero attached hydrogens (tertiary/aromatic N) is 1. The standard InChI is InChI=1S/C13H19N3O3/c1-14-11-6-4-7-12(13(11)16(17)18)15-9-10-5-2-3-8-19-10/h4,6-7,10,14-15H,2-3,5,8-9H2,1H3. The summed E-state index contributed by atoms with van der Waals surface area (Å²) in [6, 6.07) is 5.21. The van der Waals surface area contributed by atoms with Gasteiger partial charge in [0.1, 0.15) is 11.4 Å². The summed E-state index contributed by atoms with van der Waals surface area (Å²) >= 11 is 0. The van der Waals surface area contributed by atoms with E-state index >= 15 is 0 Å². The first-order valence-corrected chi connectivity index (χ1v) is 6.53. The molecule has 0 aromatic heterocycles. The lowest BCUT2D eigenvalue weighted by molar-refractivity contribution is -0.383. The molecular formula is C13H19N3O3. The van der Waals surface area contributed by atoms with Gasteiger partial charge >= 0.3 is 5.69 Å². The van der Waals surface area contributed by atoms with Crippen LogP contribution >= 0.6 is 0 Å². The minimum absolute atomic E-state index is 0.0841. The summed E-state index contributed by atoms with van der Waals surface area (Å²) in [5, 5.41) is 17.1. The minimum Gasteiger partial charge on any atom is -0.382 e. The summed E-state index contributed by atoms with van der Waals surface area (Å²) in [5.74, 6) is 0. The number of rotatable bonds is 5.